The summed E-state index contributed by atoms with van der Waals surface area (Å²) in [5, 5.41) is 42.0. The molecule has 0 spiro atoms. The van der Waals surface area contributed by atoms with Gasteiger partial charge in [0.2, 0.25) is 0 Å². The Morgan fingerprint density at radius 1 is 0.925 bits per heavy atom. The van der Waals surface area contributed by atoms with Gasteiger partial charge in [-0.05, 0) is 98.5 Å². The number of ether oxygens (including phenoxy) is 3. The zero-order valence-corrected chi connectivity index (χ0v) is 31.7. The van der Waals surface area contributed by atoms with E-state index in [0.717, 1.165) is 78.0 Å². The first-order valence-corrected chi connectivity index (χ1v) is 18.6. The van der Waals surface area contributed by atoms with Crippen molar-refractivity contribution in [3.05, 3.63) is 105 Å². The van der Waals surface area contributed by atoms with Crippen LogP contribution in [-0.2, 0) is 19.8 Å². The number of likely N-dealkylation sites (tertiary alicyclic amines) is 1. The molecule has 5 rings (SSSR count). The quantitative estimate of drug-likeness (QED) is 0.0853. The molecule has 3 aromatic carbocycles. The molecule has 1 aliphatic rings. The molecule has 0 unspecified atom stereocenters. The number of aromatic nitrogens is 1. The Morgan fingerprint density at radius 2 is 1.68 bits per heavy atom. The summed E-state index contributed by atoms with van der Waals surface area (Å²) in [5.41, 5.74) is 6.32. The van der Waals surface area contributed by atoms with E-state index in [9.17, 15) is 20.6 Å². The summed E-state index contributed by atoms with van der Waals surface area (Å²) >= 11 is 6.78. The molecule has 1 aliphatic heterocycles. The van der Waals surface area contributed by atoms with Crippen molar-refractivity contribution in [1.82, 2.24) is 15.2 Å². The van der Waals surface area contributed by atoms with Crippen LogP contribution in [-0.4, -0.2) is 76.8 Å². The fraction of sp³-hybridized carbons (Fsp3) is 0.429. The molecule has 0 saturated carbocycles. The molecule has 53 heavy (non-hydrogen) atoms. The molecule has 1 fully saturated rings. The highest BCUT2D eigenvalue weighted by Crippen LogP contribution is 2.36. The second-order valence-corrected chi connectivity index (χ2v) is 14.5. The zero-order chi connectivity index (χ0) is 37.8. The van der Waals surface area contributed by atoms with Gasteiger partial charge in [0.25, 0.3) is 0 Å². The van der Waals surface area contributed by atoms with Crippen LogP contribution in [0.4, 0.5) is 0 Å². The predicted molar refractivity (Wildman–Crippen MR) is 206 cm³/mol. The maximum atomic E-state index is 9.81. The fourth-order valence-electron chi connectivity index (χ4n) is 6.54. The Bertz CT molecular complexity index is 1860. The maximum absolute atomic E-state index is 9.81. The van der Waals surface area contributed by atoms with Crippen LogP contribution in [0.1, 0.15) is 59.6 Å². The topological polar surface area (TPSA) is 140 Å². The van der Waals surface area contributed by atoms with Gasteiger partial charge in [-0.1, -0.05) is 41.9 Å². The summed E-state index contributed by atoms with van der Waals surface area (Å²) in [6, 6.07) is 19.7. The van der Waals surface area contributed by atoms with Crippen LogP contribution in [0, 0.1) is 31.1 Å². The third-order valence-corrected chi connectivity index (χ3v) is 10.3. The van der Waals surface area contributed by atoms with E-state index in [1.54, 1.807) is 31.3 Å². The first kappa shape index (κ1) is 40.0. The molecule has 4 aromatic rings. The number of hydrogen-bond donors (Lipinski definition) is 4. The van der Waals surface area contributed by atoms with Crippen LogP contribution in [0.5, 0.6) is 17.2 Å². The average molecular weight is 743 g/mol. The van der Waals surface area contributed by atoms with E-state index in [-0.39, 0.29) is 39.6 Å². The normalized spacial score (nSPS) is 14.9. The smallest absolute Gasteiger partial charge is 0.142 e. The minimum absolute atomic E-state index is 0.153. The Balaban J connectivity index is 1.29. The third kappa shape index (κ3) is 10.7. The summed E-state index contributed by atoms with van der Waals surface area (Å²) in [7, 11) is 0. The fourth-order valence-corrected chi connectivity index (χ4v) is 6.78. The van der Waals surface area contributed by atoms with Gasteiger partial charge in [-0.3, -0.25) is 4.98 Å². The van der Waals surface area contributed by atoms with E-state index in [2.05, 4.69) is 47.3 Å². The Labute approximate surface area is 317 Å². The number of nitrogens with one attached hydrogen (secondary N) is 1. The first-order valence-electron chi connectivity index (χ1n) is 18.2. The SMILES string of the molecule is Cc1c(COc2cc(OCc3cncc(C#N)c3)c(CNC(C)(CO)CO)cc2Cl)cccc1-c1cccc(OCCCN2CCC[C@@H](CO)C2)c1C. The molecular formula is C42H51ClN4O6. The Kier molecular flexibility index (Phi) is 14.5. The number of pyridine rings is 1. The van der Waals surface area contributed by atoms with Gasteiger partial charge in [0, 0.05) is 55.8 Å². The summed E-state index contributed by atoms with van der Waals surface area (Å²) in [6.45, 7) is 9.97. The molecule has 0 radical (unpaired) electrons. The lowest BCUT2D eigenvalue weighted by Gasteiger charge is -2.31. The Hall–Kier alpha value is -4.21. The van der Waals surface area contributed by atoms with E-state index in [1.807, 2.05) is 24.3 Å². The van der Waals surface area contributed by atoms with E-state index in [0.29, 0.717) is 40.2 Å². The van der Waals surface area contributed by atoms with Crippen molar-refractivity contribution in [2.24, 2.45) is 5.92 Å². The summed E-state index contributed by atoms with van der Waals surface area (Å²) in [6.07, 6.45) is 6.31. The molecule has 0 bridgehead atoms. The summed E-state index contributed by atoms with van der Waals surface area (Å²) in [5.74, 6) is 2.20. The Morgan fingerprint density at radius 3 is 2.43 bits per heavy atom. The van der Waals surface area contributed by atoms with Crippen molar-refractivity contribution < 1.29 is 29.5 Å². The molecule has 11 heteroatoms. The first-order chi connectivity index (χ1) is 25.7. The highest BCUT2D eigenvalue weighted by molar-refractivity contribution is 6.32. The van der Waals surface area contributed by atoms with Crippen LogP contribution >= 0.6 is 11.6 Å². The highest BCUT2D eigenvalue weighted by Gasteiger charge is 2.23. The number of benzene rings is 3. The summed E-state index contributed by atoms with van der Waals surface area (Å²) in [4.78, 5) is 6.56. The van der Waals surface area contributed by atoms with Crippen LogP contribution in [0.25, 0.3) is 11.1 Å². The van der Waals surface area contributed by atoms with Gasteiger partial charge >= 0.3 is 0 Å². The number of aliphatic hydroxyl groups is 3. The molecule has 1 saturated heterocycles. The van der Waals surface area contributed by atoms with Crippen LogP contribution in [0.2, 0.25) is 5.02 Å². The zero-order valence-electron chi connectivity index (χ0n) is 30.9. The standard InChI is InChI=1S/C42H51ClN4O6/c1-29-34(9-4-10-36(29)37-11-5-12-39(30(37)2)51-15-7-14-47-13-6-8-31(23-47)24-48)26-53-41-18-40(52-25-33-16-32(19-44)20-45-21-33)35(17-38(41)43)22-46-42(3,27-49)28-50/h4-5,9-12,16-18,20-21,31,46,48-50H,6-8,13-15,22-28H2,1-3H3/t31-/m1/s1. The molecule has 4 N–H and O–H groups in total. The lowest BCUT2D eigenvalue weighted by atomic mass is 9.93. The molecule has 0 amide bonds. The predicted octanol–water partition coefficient (Wildman–Crippen LogP) is 6.35. The molecule has 2 heterocycles. The minimum atomic E-state index is -0.908. The number of nitriles is 1. The molecule has 1 aromatic heterocycles. The van der Waals surface area contributed by atoms with Crippen molar-refractivity contribution in [1.29, 1.82) is 5.26 Å². The molecule has 282 valence electrons. The summed E-state index contributed by atoms with van der Waals surface area (Å²) < 4.78 is 18.9. The number of aliphatic hydroxyl groups excluding tert-OH is 3. The lowest BCUT2D eigenvalue weighted by molar-refractivity contribution is 0.103. The highest BCUT2D eigenvalue weighted by atomic mass is 35.5. The largest absolute Gasteiger partial charge is 0.493 e. The van der Waals surface area contributed by atoms with Gasteiger partial charge < -0.3 is 39.7 Å². The van der Waals surface area contributed by atoms with Gasteiger partial charge in [0.1, 0.15) is 36.5 Å². The van der Waals surface area contributed by atoms with Gasteiger partial charge in [-0.25, -0.2) is 0 Å². The lowest BCUT2D eigenvalue weighted by Crippen LogP contribution is -2.48. The monoisotopic (exact) mass is 742 g/mol. The van der Waals surface area contributed by atoms with Crippen molar-refractivity contribution >= 4 is 11.6 Å². The van der Waals surface area contributed by atoms with Gasteiger partial charge in [-0.2, -0.15) is 5.26 Å². The number of halogens is 1. The van der Waals surface area contributed by atoms with Gasteiger partial charge in [-0.15, -0.1) is 0 Å². The number of nitrogens with zero attached hydrogens (tertiary/aromatic N) is 3. The van der Waals surface area contributed by atoms with Crippen molar-refractivity contribution in [3.63, 3.8) is 0 Å². The van der Waals surface area contributed by atoms with E-state index in [4.69, 9.17) is 25.8 Å². The number of hydrogen-bond acceptors (Lipinski definition) is 10. The minimum Gasteiger partial charge on any atom is -0.493 e. The molecule has 10 nitrogen and oxygen atoms in total. The van der Waals surface area contributed by atoms with Crippen molar-refractivity contribution in [2.45, 2.75) is 65.3 Å². The molecular weight excluding hydrogens is 692 g/mol. The van der Waals surface area contributed by atoms with Gasteiger partial charge in [0.15, 0.2) is 0 Å². The van der Waals surface area contributed by atoms with Crippen LogP contribution in [0.15, 0.2) is 67.0 Å². The second kappa shape index (κ2) is 19.2. The average Bonchev–Trinajstić information content (AvgIpc) is 3.19. The third-order valence-electron chi connectivity index (χ3n) is 9.98. The number of rotatable bonds is 18. The second-order valence-electron chi connectivity index (χ2n) is 14.1. The number of piperidine rings is 1. The molecule has 1 atom stereocenters. The van der Waals surface area contributed by atoms with Crippen molar-refractivity contribution in [2.75, 3.05) is 46.1 Å². The van der Waals surface area contributed by atoms with Crippen LogP contribution < -0.4 is 19.5 Å². The molecule has 0 aliphatic carbocycles. The maximum Gasteiger partial charge on any atom is 0.142 e. The van der Waals surface area contributed by atoms with E-state index in [1.165, 1.54) is 6.20 Å². The van der Waals surface area contributed by atoms with E-state index < -0.39 is 5.54 Å². The van der Waals surface area contributed by atoms with Crippen LogP contribution in [0.3, 0.4) is 0 Å². The van der Waals surface area contributed by atoms with E-state index >= 15 is 0 Å². The van der Waals surface area contributed by atoms with Crippen molar-refractivity contribution in [3.8, 4) is 34.4 Å². The van der Waals surface area contributed by atoms with Gasteiger partial charge in [0.05, 0.1) is 35.9 Å².